The molecule has 3 aromatic heterocycles. The van der Waals surface area contributed by atoms with Gasteiger partial charge in [0.1, 0.15) is 5.82 Å². The van der Waals surface area contributed by atoms with Gasteiger partial charge in [-0.05, 0) is 61.0 Å². The summed E-state index contributed by atoms with van der Waals surface area (Å²) >= 11 is 0. The van der Waals surface area contributed by atoms with E-state index in [2.05, 4.69) is 47.0 Å². The van der Waals surface area contributed by atoms with Crippen LogP contribution < -0.4 is 14.9 Å². The molecule has 0 radical (unpaired) electrons. The topological polar surface area (TPSA) is 116 Å². The van der Waals surface area contributed by atoms with Gasteiger partial charge in [0.25, 0.3) is 5.91 Å². The van der Waals surface area contributed by atoms with Crippen molar-refractivity contribution in [2.45, 2.75) is 19.3 Å². The molecule has 5 rings (SSSR count). The van der Waals surface area contributed by atoms with Crippen LogP contribution in [0.4, 0.5) is 17.2 Å². The van der Waals surface area contributed by atoms with Crippen LogP contribution in [0.1, 0.15) is 29.8 Å². The molecule has 10 heteroatoms. The summed E-state index contributed by atoms with van der Waals surface area (Å²) in [6, 6.07) is 11.3. The molecule has 4 heterocycles. The summed E-state index contributed by atoms with van der Waals surface area (Å²) < 4.78 is 14.5. The van der Waals surface area contributed by atoms with Crippen LogP contribution in [0.5, 0.6) is 0 Å². The molecule has 0 bridgehead atoms. The molecule has 1 aromatic carbocycles. The fraction of sp³-hybridized carbons (Fsp3) is 0.240. The van der Waals surface area contributed by atoms with Crippen molar-refractivity contribution in [2.75, 3.05) is 34.3 Å². The zero-order valence-electron chi connectivity index (χ0n) is 19.5. The average Bonchev–Trinajstić information content (AvgIpc) is 3.28. The number of rotatable bonds is 6. The van der Waals surface area contributed by atoms with Crippen LogP contribution in [-0.4, -0.2) is 55.5 Å². The van der Waals surface area contributed by atoms with E-state index in [4.69, 9.17) is 0 Å². The van der Waals surface area contributed by atoms with Crippen molar-refractivity contribution >= 4 is 49.6 Å². The van der Waals surface area contributed by atoms with Crippen LogP contribution in [0.2, 0.25) is 0 Å². The molecule has 1 saturated heterocycles. The Balaban J connectivity index is 1.38. The van der Waals surface area contributed by atoms with Crippen LogP contribution in [0.15, 0.2) is 55.0 Å². The number of hydrogen-bond acceptors (Lipinski definition) is 6. The van der Waals surface area contributed by atoms with Crippen LogP contribution in [0.25, 0.3) is 22.0 Å². The quantitative estimate of drug-likeness (QED) is 0.353. The van der Waals surface area contributed by atoms with Crippen LogP contribution >= 0.6 is 0 Å². The zero-order valence-corrected chi connectivity index (χ0v) is 20.3. The van der Waals surface area contributed by atoms with Crippen LogP contribution in [-0.2, 0) is 9.71 Å². The molecule has 1 atom stereocenters. The standard InChI is InChI=1S/C25H27N7O2S/c1-35(2,34)31-23-9-7-19(15-27-23)28-25(33)24-21-13-17(6-8-22(21)29-30-24)18-12-20(16-26-14-18)32-10-4-3-5-11-32/h6-9,12-16H,1,3-5,10-11H2,2H3,(H,28,33)(H,29,30)(H,27,31,34). The van der Waals surface area contributed by atoms with Crippen LogP contribution in [0, 0.1) is 0 Å². The number of nitrogens with zero attached hydrogens (tertiary/aromatic N) is 4. The molecule has 1 fully saturated rings. The fourth-order valence-electron chi connectivity index (χ4n) is 4.22. The van der Waals surface area contributed by atoms with Gasteiger partial charge in [-0.3, -0.25) is 19.6 Å². The normalized spacial score (nSPS) is 15.5. The predicted octanol–water partition coefficient (Wildman–Crippen LogP) is 3.94. The first-order chi connectivity index (χ1) is 16.9. The van der Waals surface area contributed by atoms with E-state index in [1.54, 1.807) is 12.1 Å². The first kappa shape index (κ1) is 22.9. The van der Waals surface area contributed by atoms with Crippen molar-refractivity contribution in [1.29, 1.82) is 0 Å². The highest BCUT2D eigenvalue weighted by Crippen LogP contribution is 2.29. The highest BCUT2D eigenvalue weighted by molar-refractivity contribution is 8.00. The number of aromatic nitrogens is 4. The molecule has 1 amide bonds. The lowest BCUT2D eigenvalue weighted by atomic mass is 10.0. The number of pyridine rings is 2. The van der Waals surface area contributed by atoms with E-state index in [1.165, 1.54) is 31.7 Å². The Bertz CT molecular complexity index is 1470. The summed E-state index contributed by atoms with van der Waals surface area (Å²) in [6.45, 7) is 2.10. The number of aromatic amines is 1. The van der Waals surface area contributed by atoms with Crippen molar-refractivity contribution in [3.8, 4) is 11.1 Å². The van der Waals surface area contributed by atoms with Gasteiger partial charge in [-0.2, -0.15) is 5.10 Å². The molecule has 0 saturated carbocycles. The number of carbonyl (C=O) groups is 1. The number of H-pyrrole nitrogens is 1. The number of nitrogens with one attached hydrogen (secondary N) is 3. The van der Waals surface area contributed by atoms with Gasteiger partial charge in [0.05, 0.1) is 29.3 Å². The van der Waals surface area contributed by atoms with E-state index in [9.17, 15) is 9.00 Å². The lowest BCUT2D eigenvalue weighted by molar-refractivity contribution is 0.102. The van der Waals surface area contributed by atoms with E-state index < -0.39 is 9.71 Å². The molecular weight excluding hydrogens is 462 g/mol. The maximum Gasteiger partial charge on any atom is 0.276 e. The number of carbonyl (C=O) groups excluding carboxylic acids is 1. The van der Waals surface area contributed by atoms with Gasteiger partial charge in [0, 0.05) is 46.2 Å². The molecule has 35 heavy (non-hydrogen) atoms. The molecular formula is C25H27N7O2S. The summed E-state index contributed by atoms with van der Waals surface area (Å²) in [4.78, 5) is 24.0. The van der Waals surface area contributed by atoms with Gasteiger partial charge < -0.3 is 10.2 Å². The first-order valence-corrected chi connectivity index (χ1v) is 13.6. The average molecular weight is 490 g/mol. The third kappa shape index (κ3) is 5.27. The molecule has 1 aliphatic heterocycles. The third-order valence-corrected chi connectivity index (χ3v) is 6.54. The molecule has 0 aliphatic carbocycles. The Kier molecular flexibility index (Phi) is 6.12. The SMILES string of the molecule is C=S(C)(=O)Nc1ccc(NC(=O)c2n[nH]c3ccc(-c4cncc(N5CCCCC5)c4)cc23)cn1. The lowest BCUT2D eigenvalue weighted by Gasteiger charge is -2.28. The van der Waals surface area contributed by atoms with E-state index >= 15 is 0 Å². The fourth-order valence-corrected chi connectivity index (χ4v) is 4.78. The zero-order chi connectivity index (χ0) is 24.4. The second-order valence-electron chi connectivity index (χ2n) is 8.81. The van der Waals surface area contributed by atoms with Gasteiger partial charge in [-0.1, -0.05) is 6.07 Å². The monoisotopic (exact) mass is 489 g/mol. The summed E-state index contributed by atoms with van der Waals surface area (Å²) in [5.41, 5.74) is 4.64. The van der Waals surface area contributed by atoms with Crippen molar-refractivity contribution in [1.82, 2.24) is 20.2 Å². The van der Waals surface area contributed by atoms with E-state index in [1.807, 2.05) is 30.6 Å². The Labute approximate surface area is 204 Å². The number of benzene rings is 1. The first-order valence-electron chi connectivity index (χ1n) is 11.4. The smallest absolute Gasteiger partial charge is 0.276 e. The molecule has 1 aliphatic rings. The van der Waals surface area contributed by atoms with Crippen molar-refractivity contribution in [3.63, 3.8) is 0 Å². The van der Waals surface area contributed by atoms with Crippen molar-refractivity contribution in [2.24, 2.45) is 0 Å². The second kappa shape index (κ2) is 9.38. The highest BCUT2D eigenvalue weighted by Gasteiger charge is 2.17. The van der Waals surface area contributed by atoms with Crippen molar-refractivity contribution in [3.05, 3.63) is 60.7 Å². The van der Waals surface area contributed by atoms with Gasteiger partial charge in [0.2, 0.25) is 0 Å². The van der Waals surface area contributed by atoms with Gasteiger partial charge in [0.15, 0.2) is 5.69 Å². The third-order valence-electron chi connectivity index (χ3n) is 5.90. The van der Waals surface area contributed by atoms with E-state index in [0.717, 1.165) is 40.8 Å². The molecule has 180 valence electrons. The summed E-state index contributed by atoms with van der Waals surface area (Å²) in [5.74, 6) is 3.61. The largest absolute Gasteiger partial charge is 0.370 e. The minimum absolute atomic E-state index is 0.290. The Morgan fingerprint density at radius 3 is 2.63 bits per heavy atom. The second-order valence-corrected chi connectivity index (χ2v) is 11.0. The van der Waals surface area contributed by atoms with Gasteiger partial charge in [-0.15, -0.1) is 0 Å². The number of fused-ring (bicyclic) bond motifs is 1. The summed E-state index contributed by atoms with van der Waals surface area (Å²) in [7, 11) is -2.43. The predicted molar refractivity (Wildman–Crippen MR) is 142 cm³/mol. The molecule has 9 nitrogen and oxygen atoms in total. The molecule has 0 spiro atoms. The molecule has 3 N–H and O–H groups in total. The van der Waals surface area contributed by atoms with Crippen molar-refractivity contribution < 1.29 is 9.00 Å². The molecule has 4 aromatic rings. The Morgan fingerprint density at radius 1 is 1.06 bits per heavy atom. The maximum atomic E-state index is 13.0. The number of piperidine rings is 1. The minimum Gasteiger partial charge on any atom is -0.370 e. The number of anilines is 3. The van der Waals surface area contributed by atoms with E-state index in [-0.39, 0.29) is 5.91 Å². The Hall–Kier alpha value is -3.92. The number of amides is 1. The maximum absolute atomic E-state index is 13.0. The Morgan fingerprint density at radius 2 is 1.89 bits per heavy atom. The van der Waals surface area contributed by atoms with Gasteiger partial charge >= 0.3 is 0 Å². The molecule has 1 unspecified atom stereocenters. The van der Waals surface area contributed by atoms with E-state index in [0.29, 0.717) is 17.2 Å². The highest BCUT2D eigenvalue weighted by atomic mass is 32.2. The van der Waals surface area contributed by atoms with Gasteiger partial charge in [-0.25, -0.2) is 9.19 Å². The minimum atomic E-state index is -2.43. The summed E-state index contributed by atoms with van der Waals surface area (Å²) in [6.07, 6.45) is 10.4. The van der Waals surface area contributed by atoms with Crippen LogP contribution in [0.3, 0.4) is 0 Å². The summed E-state index contributed by atoms with van der Waals surface area (Å²) in [5, 5.41) is 10.7. The number of hydrogen-bond donors (Lipinski definition) is 3. The lowest BCUT2D eigenvalue weighted by Crippen LogP contribution is -2.29.